The van der Waals surface area contributed by atoms with Crippen molar-refractivity contribution >= 4 is 83.9 Å². The summed E-state index contributed by atoms with van der Waals surface area (Å²) >= 11 is 0. The maximum atomic E-state index is 3.06. The van der Waals surface area contributed by atoms with Crippen LogP contribution in [0.5, 0.6) is 0 Å². The summed E-state index contributed by atoms with van der Waals surface area (Å²) in [6.45, 7) is 39.9. The molecule has 65 heavy (non-hydrogen) atoms. The highest BCUT2D eigenvalue weighted by Crippen LogP contribution is 2.68. The first kappa shape index (κ1) is 40.8. The van der Waals surface area contributed by atoms with E-state index in [2.05, 4.69) is 186 Å². The fourth-order valence-corrected chi connectivity index (χ4v) is 15.4. The van der Waals surface area contributed by atoms with Gasteiger partial charge in [0.15, 0.2) is 0 Å². The smallest absolute Gasteiger partial charge is 0.252 e. The van der Waals surface area contributed by atoms with Gasteiger partial charge in [-0.15, -0.1) is 0 Å². The van der Waals surface area contributed by atoms with Crippen LogP contribution >= 0.6 is 0 Å². The Hall–Kier alpha value is -4.44. The zero-order valence-electron chi connectivity index (χ0n) is 42.6. The maximum Gasteiger partial charge on any atom is 0.252 e. The molecule has 2 aliphatic carbocycles. The highest BCUT2D eigenvalue weighted by Gasteiger charge is 2.66. The lowest BCUT2D eigenvalue weighted by Gasteiger charge is -2.53. The first-order valence-corrected chi connectivity index (χ1v) is 25.6. The monoisotopic (exact) mass is 858 g/mol. The van der Waals surface area contributed by atoms with Gasteiger partial charge in [0.05, 0.1) is 27.6 Å². The predicted octanol–water partition coefficient (Wildman–Crippen LogP) is 14.3. The summed E-state index contributed by atoms with van der Waals surface area (Å²) in [7, 11) is 0. The summed E-state index contributed by atoms with van der Waals surface area (Å²) in [6, 6.07) is 26.0. The molecule has 4 unspecified atom stereocenters. The van der Waals surface area contributed by atoms with E-state index in [-0.39, 0.29) is 50.3 Å². The highest BCUT2D eigenvalue weighted by molar-refractivity contribution is 7.01. The molecular formula is C61H72BN3. The van der Waals surface area contributed by atoms with Crippen LogP contribution in [0.2, 0.25) is 0 Å². The van der Waals surface area contributed by atoms with Gasteiger partial charge in [-0.25, -0.2) is 0 Å². The topological polar surface area (TPSA) is 10.9 Å². The summed E-state index contributed by atoms with van der Waals surface area (Å²) in [5.41, 5.74) is 23.9. The molecule has 4 atom stereocenters. The number of aromatic nitrogens is 1. The zero-order valence-corrected chi connectivity index (χ0v) is 42.6. The average Bonchev–Trinajstić information content (AvgIpc) is 3.93. The van der Waals surface area contributed by atoms with E-state index in [1.165, 1.54) is 122 Å². The van der Waals surface area contributed by atoms with Crippen LogP contribution in [0.4, 0.5) is 22.7 Å². The van der Waals surface area contributed by atoms with Crippen molar-refractivity contribution in [3.05, 3.63) is 94.0 Å². The van der Waals surface area contributed by atoms with Gasteiger partial charge in [-0.3, -0.25) is 0 Å². The van der Waals surface area contributed by atoms with E-state index in [0.717, 1.165) is 0 Å². The Kier molecular flexibility index (Phi) is 7.30. The SMILES string of the molecule is CC(C)(C)c1cc2c3c(c1)C1(C)CCCCC1(C)N3c1c3c(c4c5cc(C(C)(C)C)ccc5n5c6ccc(C(C)(C)C)cc6c1c45)N1c4c(cc(C(C)(C)C)cc4C4(C)CCCC14C)B23. The normalized spacial score (nSPS) is 26.8. The van der Waals surface area contributed by atoms with Crippen molar-refractivity contribution in [2.24, 2.45) is 0 Å². The number of nitrogens with zero attached hydrogens (tertiary/aromatic N) is 3. The van der Waals surface area contributed by atoms with E-state index in [9.17, 15) is 0 Å². The van der Waals surface area contributed by atoms with E-state index in [0.29, 0.717) is 0 Å². The molecule has 13 rings (SSSR count). The predicted molar refractivity (Wildman–Crippen MR) is 282 cm³/mol. The summed E-state index contributed by atoms with van der Waals surface area (Å²) in [4.78, 5) is 6.10. The van der Waals surface area contributed by atoms with Gasteiger partial charge in [0.1, 0.15) is 0 Å². The quantitative estimate of drug-likeness (QED) is 0.141. The Labute approximate surface area is 389 Å². The van der Waals surface area contributed by atoms with Gasteiger partial charge >= 0.3 is 0 Å². The van der Waals surface area contributed by atoms with Gasteiger partial charge < -0.3 is 14.2 Å². The van der Waals surface area contributed by atoms with Crippen LogP contribution in [-0.2, 0) is 32.5 Å². The molecule has 4 aliphatic heterocycles. The summed E-state index contributed by atoms with van der Waals surface area (Å²) in [6.07, 6.45) is 8.65. The molecule has 0 amide bonds. The van der Waals surface area contributed by atoms with Crippen molar-refractivity contribution in [2.75, 3.05) is 9.80 Å². The van der Waals surface area contributed by atoms with Crippen molar-refractivity contribution in [3.63, 3.8) is 0 Å². The molecule has 0 N–H and O–H groups in total. The lowest BCUT2D eigenvalue weighted by Crippen LogP contribution is -2.66. The second-order valence-corrected chi connectivity index (χ2v) is 27.3. The molecule has 6 heterocycles. The largest absolute Gasteiger partial charge is 0.335 e. The molecule has 2 aromatic heterocycles. The van der Waals surface area contributed by atoms with Gasteiger partial charge in [0, 0.05) is 55.1 Å². The molecule has 0 saturated heterocycles. The van der Waals surface area contributed by atoms with Crippen molar-refractivity contribution in [2.45, 2.75) is 199 Å². The minimum atomic E-state index is -0.0854. The van der Waals surface area contributed by atoms with Crippen molar-refractivity contribution in [1.29, 1.82) is 0 Å². The molecule has 7 aromatic rings. The third-order valence-electron chi connectivity index (χ3n) is 19.7. The van der Waals surface area contributed by atoms with Gasteiger partial charge in [0.25, 0.3) is 6.71 Å². The summed E-state index contributed by atoms with van der Waals surface area (Å²) in [5.74, 6) is 0. The zero-order chi connectivity index (χ0) is 45.9. The molecule has 334 valence electrons. The first-order chi connectivity index (χ1) is 30.3. The Morgan fingerprint density at radius 3 is 1.28 bits per heavy atom. The van der Waals surface area contributed by atoms with E-state index in [1.807, 2.05) is 0 Å². The minimum absolute atomic E-state index is 0.00841. The molecule has 4 heteroatoms. The van der Waals surface area contributed by atoms with Crippen LogP contribution in [-0.4, -0.2) is 22.2 Å². The number of benzene rings is 5. The second-order valence-electron chi connectivity index (χ2n) is 27.3. The number of hydrogen-bond donors (Lipinski definition) is 0. The Bertz CT molecular complexity index is 3320. The standard InChI is InChI=1S/C61H72BN3/c1-54(2,3)34-20-22-44-38(28-34)46-51-47(39-29-35(55(4,5)6)21-23-45(39)63(44)51)53-48-52(46)64-49-40(58(13)24-17-18-26-60(58,64)15)30-36(56(7,8)9)32-42(49)62(48)43-33-37(57(10,11)12)31-41-50(43)65(53)61(16)27-19-25-59(41,61)14/h20-23,28-33H,17-19,24-27H2,1-16H3. The Balaban J connectivity index is 1.34. The third kappa shape index (κ3) is 4.54. The first-order valence-electron chi connectivity index (χ1n) is 25.6. The summed E-state index contributed by atoms with van der Waals surface area (Å²) in [5, 5.41) is 5.82. The lowest BCUT2D eigenvalue weighted by atomic mass is 9.32. The molecule has 0 spiro atoms. The van der Waals surface area contributed by atoms with Gasteiger partial charge in [-0.2, -0.15) is 0 Å². The van der Waals surface area contributed by atoms with Gasteiger partial charge in [-0.1, -0.05) is 153 Å². The highest BCUT2D eigenvalue weighted by atomic mass is 15.3. The van der Waals surface area contributed by atoms with Crippen LogP contribution in [0.1, 0.15) is 189 Å². The number of rotatable bonds is 0. The minimum Gasteiger partial charge on any atom is -0.335 e. The number of fused-ring (bicyclic) bond motifs is 18. The molecule has 0 bridgehead atoms. The van der Waals surface area contributed by atoms with Crippen LogP contribution in [0.15, 0.2) is 60.7 Å². The number of hydrogen-bond acceptors (Lipinski definition) is 2. The molecule has 6 aliphatic rings. The van der Waals surface area contributed by atoms with Crippen LogP contribution in [0.3, 0.4) is 0 Å². The molecular weight excluding hydrogens is 786 g/mol. The molecule has 5 aromatic carbocycles. The molecule has 2 fully saturated rings. The second kappa shape index (κ2) is 11.6. The molecule has 2 saturated carbocycles. The van der Waals surface area contributed by atoms with Crippen molar-refractivity contribution in [3.8, 4) is 0 Å². The van der Waals surface area contributed by atoms with Crippen LogP contribution in [0.25, 0.3) is 38.1 Å². The van der Waals surface area contributed by atoms with Gasteiger partial charge in [0.2, 0.25) is 0 Å². The average molecular weight is 858 g/mol. The fraction of sp³-hybridized carbons (Fsp3) is 0.508. The van der Waals surface area contributed by atoms with Crippen molar-refractivity contribution in [1.82, 2.24) is 4.40 Å². The fourth-order valence-electron chi connectivity index (χ4n) is 15.4. The third-order valence-corrected chi connectivity index (χ3v) is 19.7. The lowest BCUT2D eigenvalue weighted by molar-refractivity contribution is 0.195. The van der Waals surface area contributed by atoms with Crippen LogP contribution < -0.4 is 26.2 Å². The molecule has 0 radical (unpaired) electrons. The van der Waals surface area contributed by atoms with Crippen LogP contribution in [0, 0.1) is 0 Å². The molecule has 3 nitrogen and oxygen atoms in total. The van der Waals surface area contributed by atoms with E-state index >= 15 is 0 Å². The van der Waals surface area contributed by atoms with Gasteiger partial charge in [-0.05, 0) is 135 Å². The summed E-state index contributed by atoms with van der Waals surface area (Å²) < 4.78 is 2.74. The Morgan fingerprint density at radius 2 is 0.846 bits per heavy atom. The Morgan fingerprint density at radius 1 is 0.446 bits per heavy atom. The van der Waals surface area contributed by atoms with E-state index < -0.39 is 0 Å². The van der Waals surface area contributed by atoms with E-state index in [4.69, 9.17) is 0 Å². The maximum absolute atomic E-state index is 3.06. The van der Waals surface area contributed by atoms with Crippen molar-refractivity contribution < 1.29 is 0 Å². The van der Waals surface area contributed by atoms with E-state index in [1.54, 1.807) is 33.2 Å². The number of anilines is 4.